The summed E-state index contributed by atoms with van der Waals surface area (Å²) in [4.78, 5) is 0. The van der Waals surface area contributed by atoms with E-state index in [2.05, 4.69) is 50.4 Å². The van der Waals surface area contributed by atoms with Crippen molar-refractivity contribution >= 4 is 26.7 Å². The summed E-state index contributed by atoms with van der Waals surface area (Å²) in [5.41, 5.74) is 0.948. The van der Waals surface area contributed by atoms with Crippen molar-refractivity contribution in [3.05, 3.63) is 48.4 Å². The number of alkyl halides is 1. The highest BCUT2D eigenvalue weighted by Crippen LogP contribution is 2.23. The van der Waals surface area contributed by atoms with E-state index >= 15 is 0 Å². The third kappa shape index (κ3) is 1.96. The van der Waals surface area contributed by atoms with Crippen LogP contribution in [-0.2, 0) is 5.33 Å². The Balaban J connectivity index is 2.11. The van der Waals surface area contributed by atoms with Crippen molar-refractivity contribution in [1.29, 1.82) is 0 Å². The molecule has 17 heavy (non-hydrogen) atoms. The van der Waals surface area contributed by atoms with Crippen LogP contribution >= 0.6 is 15.9 Å². The second-order valence-corrected chi connectivity index (χ2v) is 4.26. The Morgan fingerprint density at radius 3 is 2.59 bits per heavy atom. The summed E-state index contributed by atoms with van der Waals surface area (Å²) in [7, 11) is 0. The van der Waals surface area contributed by atoms with Gasteiger partial charge in [-0.05, 0) is 22.9 Å². The minimum absolute atomic E-state index is 0.560. The van der Waals surface area contributed by atoms with Gasteiger partial charge in [-0.15, -0.1) is 10.2 Å². The van der Waals surface area contributed by atoms with Crippen molar-refractivity contribution in [1.82, 2.24) is 10.2 Å². The Morgan fingerprint density at radius 1 is 1.00 bits per heavy atom. The van der Waals surface area contributed by atoms with Crippen LogP contribution in [0.5, 0.6) is 0 Å². The number of rotatable bonds is 2. The van der Waals surface area contributed by atoms with Gasteiger partial charge in [0.05, 0.1) is 5.33 Å². The lowest BCUT2D eigenvalue weighted by Crippen LogP contribution is -1.79. The van der Waals surface area contributed by atoms with Crippen molar-refractivity contribution in [3.8, 4) is 11.5 Å². The standard InChI is InChI=1S/C13H9BrN2O/c14-8-12-15-16-13(17-12)11-6-5-9-3-1-2-4-10(9)7-11/h1-7H,8H2. The van der Waals surface area contributed by atoms with Crippen LogP contribution in [0, 0.1) is 0 Å². The van der Waals surface area contributed by atoms with Crippen LogP contribution in [0.2, 0.25) is 0 Å². The van der Waals surface area contributed by atoms with Crippen LogP contribution in [-0.4, -0.2) is 10.2 Å². The van der Waals surface area contributed by atoms with E-state index in [4.69, 9.17) is 4.42 Å². The molecule has 0 fully saturated rings. The van der Waals surface area contributed by atoms with Gasteiger partial charge in [0.25, 0.3) is 0 Å². The molecule has 84 valence electrons. The molecule has 0 aliphatic heterocycles. The van der Waals surface area contributed by atoms with Crippen molar-refractivity contribution in [2.24, 2.45) is 0 Å². The molecule has 0 N–H and O–H groups in total. The first-order valence-corrected chi connectivity index (χ1v) is 6.36. The average Bonchev–Trinajstić information content (AvgIpc) is 2.87. The molecular formula is C13H9BrN2O. The molecule has 0 aliphatic carbocycles. The Labute approximate surface area is 107 Å². The van der Waals surface area contributed by atoms with E-state index in [1.165, 1.54) is 10.8 Å². The zero-order valence-electron chi connectivity index (χ0n) is 8.93. The van der Waals surface area contributed by atoms with Gasteiger partial charge in [0.2, 0.25) is 11.8 Å². The van der Waals surface area contributed by atoms with Crippen molar-refractivity contribution in [3.63, 3.8) is 0 Å². The largest absolute Gasteiger partial charge is 0.420 e. The van der Waals surface area contributed by atoms with Crippen molar-refractivity contribution in [2.75, 3.05) is 0 Å². The van der Waals surface area contributed by atoms with Crippen LogP contribution in [0.1, 0.15) is 5.89 Å². The first-order valence-electron chi connectivity index (χ1n) is 5.24. The first kappa shape index (κ1) is 10.5. The third-order valence-electron chi connectivity index (χ3n) is 2.58. The van der Waals surface area contributed by atoms with Crippen LogP contribution < -0.4 is 0 Å². The number of nitrogens with zero attached hydrogens (tertiary/aromatic N) is 2. The number of benzene rings is 2. The fourth-order valence-corrected chi connectivity index (χ4v) is 1.97. The van der Waals surface area contributed by atoms with Crippen LogP contribution in [0.4, 0.5) is 0 Å². The summed E-state index contributed by atoms with van der Waals surface area (Å²) in [6.45, 7) is 0. The van der Waals surface area contributed by atoms with Gasteiger partial charge in [-0.3, -0.25) is 0 Å². The zero-order valence-corrected chi connectivity index (χ0v) is 10.5. The molecule has 0 saturated heterocycles. The van der Waals surface area contributed by atoms with E-state index in [-0.39, 0.29) is 0 Å². The molecule has 0 aliphatic rings. The number of halogens is 1. The SMILES string of the molecule is BrCc1nnc(-c2ccc3ccccc3c2)o1. The lowest BCUT2D eigenvalue weighted by Gasteiger charge is -1.99. The molecule has 4 heteroatoms. The molecule has 0 unspecified atom stereocenters. The topological polar surface area (TPSA) is 38.9 Å². The molecule has 3 rings (SSSR count). The molecule has 3 aromatic rings. The molecule has 0 bridgehead atoms. The van der Waals surface area contributed by atoms with Crippen molar-refractivity contribution in [2.45, 2.75) is 5.33 Å². The zero-order chi connectivity index (χ0) is 11.7. The predicted molar refractivity (Wildman–Crippen MR) is 69.9 cm³/mol. The minimum atomic E-state index is 0.560. The molecular weight excluding hydrogens is 280 g/mol. The summed E-state index contributed by atoms with van der Waals surface area (Å²) in [6.07, 6.45) is 0. The van der Waals surface area contributed by atoms with Gasteiger partial charge in [0, 0.05) is 5.56 Å². The van der Waals surface area contributed by atoms with E-state index in [1.807, 2.05) is 18.2 Å². The molecule has 3 nitrogen and oxygen atoms in total. The molecule has 1 aromatic heterocycles. The molecule has 2 aromatic carbocycles. The molecule has 0 atom stereocenters. The molecule has 0 amide bonds. The lowest BCUT2D eigenvalue weighted by atomic mass is 10.1. The number of fused-ring (bicyclic) bond motifs is 1. The maximum absolute atomic E-state index is 5.50. The first-order chi connectivity index (χ1) is 8.36. The highest BCUT2D eigenvalue weighted by Gasteiger charge is 2.07. The molecule has 0 radical (unpaired) electrons. The third-order valence-corrected chi connectivity index (χ3v) is 3.06. The van der Waals surface area contributed by atoms with Gasteiger partial charge in [-0.2, -0.15) is 0 Å². The van der Waals surface area contributed by atoms with Gasteiger partial charge in [0.1, 0.15) is 0 Å². The Bertz CT molecular complexity index is 663. The van der Waals surface area contributed by atoms with E-state index in [0.29, 0.717) is 17.1 Å². The maximum atomic E-state index is 5.50. The van der Waals surface area contributed by atoms with Gasteiger partial charge in [-0.25, -0.2) is 0 Å². The minimum Gasteiger partial charge on any atom is -0.420 e. The fourth-order valence-electron chi connectivity index (χ4n) is 1.75. The smallest absolute Gasteiger partial charge is 0.247 e. The molecule has 0 saturated carbocycles. The summed E-state index contributed by atoms with van der Waals surface area (Å²) >= 11 is 3.29. The summed E-state index contributed by atoms with van der Waals surface area (Å²) in [6, 6.07) is 14.3. The van der Waals surface area contributed by atoms with Gasteiger partial charge < -0.3 is 4.42 Å². The van der Waals surface area contributed by atoms with Crippen molar-refractivity contribution < 1.29 is 4.42 Å². The summed E-state index contributed by atoms with van der Waals surface area (Å²) < 4.78 is 5.50. The second kappa shape index (κ2) is 4.30. The van der Waals surface area contributed by atoms with E-state index in [9.17, 15) is 0 Å². The Morgan fingerprint density at radius 2 is 1.82 bits per heavy atom. The summed E-state index contributed by atoms with van der Waals surface area (Å²) in [5, 5.41) is 10.9. The normalized spacial score (nSPS) is 10.9. The highest BCUT2D eigenvalue weighted by atomic mass is 79.9. The summed E-state index contributed by atoms with van der Waals surface area (Å²) in [5.74, 6) is 1.15. The predicted octanol–water partition coefficient (Wildman–Crippen LogP) is 3.78. The van der Waals surface area contributed by atoms with Gasteiger partial charge >= 0.3 is 0 Å². The van der Waals surface area contributed by atoms with Crippen LogP contribution in [0.15, 0.2) is 46.9 Å². The fraction of sp³-hybridized carbons (Fsp3) is 0.0769. The Kier molecular flexibility index (Phi) is 2.65. The van der Waals surface area contributed by atoms with Gasteiger partial charge in [-0.1, -0.05) is 46.3 Å². The maximum Gasteiger partial charge on any atom is 0.247 e. The second-order valence-electron chi connectivity index (χ2n) is 3.70. The van der Waals surface area contributed by atoms with E-state index in [0.717, 1.165) is 5.56 Å². The monoisotopic (exact) mass is 288 g/mol. The number of hydrogen-bond donors (Lipinski definition) is 0. The molecule has 0 spiro atoms. The molecule has 1 heterocycles. The van der Waals surface area contributed by atoms with E-state index in [1.54, 1.807) is 0 Å². The highest BCUT2D eigenvalue weighted by molar-refractivity contribution is 9.08. The van der Waals surface area contributed by atoms with Gasteiger partial charge in [0.15, 0.2) is 0 Å². The van der Waals surface area contributed by atoms with E-state index < -0.39 is 0 Å². The lowest BCUT2D eigenvalue weighted by molar-refractivity contribution is 0.530. The quantitative estimate of drug-likeness (QED) is 0.674. The van der Waals surface area contributed by atoms with Crippen LogP contribution in [0.25, 0.3) is 22.2 Å². The van der Waals surface area contributed by atoms with Crippen LogP contribution in [0.3, 0.4) is 0 Å². The number of aromatic nitrogens is 2. The average molecular weight is 289 g/mol. The number of hydrogen-bond acceptors (Lipinski definition) is 3. The Hall–Kier alpha value is -1.68.